The molecular formula is C23H28Cl2N2O5S. The molecule has 1 saturated heterocycles. The number of hydrogen-bond acceptors (Lipinski definition) is 5. The van der Waals surface area contributed by atoms with Gasteiger partial charge in [-0.05, 0) is 55.7 Å². The summed E-state index contributed by atoms with van der Waals surface area (Å²) in [5, 5.41) is 3.74. The van der Waals surface area contributed by atoms with Crippen molar-refractivity contribution in [1.82, 2.24) is 9.62 Å². The van der Waals surface area contributed by atoms with Crippen LogP contribution in [0.3, 0.4) is 0 Å². The first-order valence-electron chi connectivity index (χ1n) is 10.6. The topological polar surface area (TPSA) is 84.9 Å². The molecule has 1 N–H and O–H groups in total. The standard InChI is InChI=1S/C23H28Cl2N2O5S/c1-15(20-12-19(31-2)8-9-22(20)32-3)26-23(28)16-5-4-10-27(13-16)33(29,30)14-17-6-7-18(24)11-21(17)25/h6-9,11-12,15-16H,4-5,10,13-14H2,1-3H3,(H,26,28)/t15-,16-/m0/s1. The van der Waals surface area contributed by atoms with Crippen molar-refractivity contribution in [2.75, 3.05) is 27.3 Å². The first-order chi connectivity index (χ1) is 15.6. The Labute approximate surface area is 205 Å². The summed E-state index contributed by atoms with van der Waals surface area (Å²) in [6.45, 7) is 2.35. The number of nitrogens with one attached hydrogen (secondary N) is 1. The summed E-state index contributed by atoms with van der Waals surface area (Å²) < 4.78 is 38.1. The number of carbonyl (C=O) groups is 1. The number of nitrogens with zero attached hydrogens (tertiary/aromatic N) is 1. The summed E-state index contributed by atoms with van der Waals surface area (Å²) in [5.74, 6) is 0.401. The highest BCUT2D eigenvalue weighted by molar-refractivity contribution is 7.88. The fraction of sp³-hybridized carbons (Fsp3) is 0.435. The molecule has 0 spiro atoms. The van der Waals surface area contributed by atoms with Crippen molar-refractivity contribution in [2.45, 2.75) is 31.6 Å². The molecule has 1 heterocycles. The second-order valence-electron chi connectivity index (χ2n) is 8.03. The zero-order valence-corrected chi connectivity index (χ0v) is 21.1. The average Bonchev–Trinajstić information content (AvgIpc) is 2.80. The number of amides is 1. The SMILES string of the molecule is COc1ccc(OC)c([C@H](C)NC(=O)[C@H]2CCCN(S(=O)(=O)Cc3ccc(Cl)cc3Cl)C2)c1. The quantitative estimate of drug-likeness (QED) is 0.563. The third kappa shape index (κ3) is 6.32. The average molecular weight is 515 g/mol. The van der Waals surface area contributed by atoms with Gasteiger partial charge in [0, 0.05) is 28.7 Å². The minimum atomic E-state index is -3.65. The van der Waals surface area contributed by atoms with Crippen molar-refractivity contribution < 1.29 is 22.7 Å². The Morgan fingerprint density at radius 3 is 2.61 bits per heavy atom. The first-order valence-corrected chi connectivity index (χ1v) is 12.9. The van der Waals surface area contributed by atoms with E-state index in [9.17, 15) is 13.2 Å². The largest absolute Gasteiger partial charge is 0.497 e. The van der Waals surface area contributed by atoms with Gasteiger partial charge < -0.3 is 14.8 Å². The van der Waals surface area contributed by atoms with Gasteiger partial charge in [-0.25, -0.2) is 12.7 Å². The summed E-state index contributed by atoms with van der Waals surface area (Å²) in [5.41, 5.74) is 1.26. The normalized spacial score (nSPS) is 17.9. The van der Waals surface area contributed by atoms with Crippen LogP contribution in [0.2, 0.25) is 10.0 Å². The summed E-state index contributed by atoms with van der Waals surface area (Å²) in [4.78, 5) is 13.0. The zero-order valence-electron chi connectivity index (χ0n) is 18.8. The molecule has 1 aliphatic rings. The van der Waals surface area contributed by atoms with Crippen LogP contribution in [0, 0.1) is 5.92 Å². The van der Waals surface area contributed by atoms with E-state index in [1.54, 1.807) is 38.5 Å². The van der Waals surface area contributed by atoms with Crippen LogP contribution >= 0.6 is 23.2 Å². The molecule has 0 unspecified atom stereocenters. The van der Waals surface area contributed by atoms with Crippen LogP contribution < -0.4 is 14.8 Å². The Morgan fingerprint density at radius 1 is 1.18 bits per heavy atom. The number of hydrogen-bond donors (Lipinski definition) is 1. The van der Waals surface area contributed by atoms with Crippen LogP contribution in [-0.2, 0) is 20.6 Å². The van der Waals surface area contributed by atoms with Gasteiger partial charge in [0.25, 0.3) is 0 Å². The van der Waals surface area contributed by atoms with E-state index in [1.165, 1.54) is 10.4 Å². The molecule has 10 heteroatoms. The molecule has 0 aromatic heterocycles. The molecule has 0 aliphatic carbocycles. The second kappa shape index (κ2) is 11.0. The van der Waals surface area contributed by atoms with Crippen LogP contribution in [0.4, 0.5) is 0 Å². The molecule has 33 heavy (non-hydrogen) atoms. The van der Waals surface area contributed by atoms with Crippen molar-refractivity contribution in [2.24, 2.45) is 5.92 Å². The van der Waals surface area contributed by atoms with Crippen molar-refractivity contribution in [3.05, 3.63) is 57.6 Å². The molecule has 3 rings (SSSR count). The van der Waals surface area contributed by atoms with Gasteiger partial charge in [0.1, 0.15) is 11.5 Å². The molecule has 0 radical (unpaired) electrons. The maximum absolute atomic E-state index is 13.0. The fourth-order valence-corrected chi connectivity index (χ4v) is 6.12. The Balaban J connectivity index is 1.69. The van der Waals surface area contributed by atoms with E-state index in [-0.39, 0.29) is 24.2 Å². The molecule has 0 bridgehead atoms. The smallest absolute Gasteiger partial charge is 0.224 e. The van der Waals surface area contributed by atoms with Crippen molar-refractivity contribution >= 4 is 39.1 Å². The number of rotatable bonds is 8. The van der Waals surface area contributed by atoms with Crippen LogP contribution in [0.25, 0.3) is 0 Å². The molecule has 1 fully saturated rings. The summed E-state index contributed by atoms with van der Waals surface area (Å²) >= 11 is 12.1. The number of sulfonamides is 1. The zero-order chi connectivity index (χ0) is 24.2. The number of piperidine rings is 1. The summed E-state index contributed by atoms with van der Waals surface area (Å²) in [7, 11) is -0.511. The lowest BCUT2D eigenvalue weighted by Gasteiger charge is -2.32. The number of halogens is 2. The van der Waals surface area contributed by atoms with Gasteiger partial charge in [-0.15, -0.1) is 0 Å². The number of methoxy groups -OCH3 is 2. The molecule has 2 atom stereocenters. The van der Waals surface area contributed by atoms with E-state index in [1.807, 2.05) is 13.0 Å². The predicted molar refractivity (Wildman–Crippen MR) is 129 cm³/mol. The first kappa shape index (κ1) is 25.6. The Bertz CT molecular complexity index is 1110. The van der Waals surface area contributed by atoms with E-state index in [0.29, 0.717) is 46.5 Å². The van der Waals surface area contributed by atoms with Gasteiger partial charge in [-0.3, -0.25) is 4.79 Å². The minimum Gasteiger partial charge on any atom is -0.497 e. The molecular weight excluding hydrogens is 487 g/mol. The van der Waals surface area contributed by atoms with E-state index in [2.05, 4.69) is 5.32 Å². The molecule has 180 valence electrons. The fourth-order valence-electron chi connectivity index (χ4n) is 3.92. The van der Waals surface area contributed by atoms with E-state index in [4.69, 9.17) is 32.7 Å². The lowest BCUT2D eigenvalue weighted by molar-refractivity contribution is -0.126. The van der Waals surface area contributed by atoms with Gasteiger partial charge in [0.2, 0.25) is 15.9 Å². The van der Waals surface area contributed by atoms with E-state index >= 15 is 0 Å². The number of carbonyl (C=O) groups excluding carboxylic acids is 1. The van der Waals surface area contributed by atoms with Gasteiger partial charge in [-0.1, -0.05) is 29.3 Å². The predicted octanol–water partition coefficient (Wildman–Crippen LogP) is 4.43. The molecule has 1 aliphatic heterocycles. The van der Waals surface area contributed by atoms with Crippen LogP contribution in [0.1, 0.15) is 36.9 Å². The highest BCUT2D eigenvalue weighted by Gasteiger charge is 2.33. The van der Waals surface area contributed by atoms with E-state index < -0.39 is 15.9 Å². The molecule has 7 nitrogen and oxygen atoms in total. The Kier molecular flexibility index (Phi) is 8.50. The third-order valence-electron chi connectivity index (χ3n) is 5.76. The van der Waals surface area contributed by atoms with Gasteiger partial charge in [-0.2, -0.15) is 0 Å². The molecule has 0 saturated carbocycles. The van der Waals surface area contributed by atoms with Gasteiger partial charge in [0.05, 0.1) is 31.9 Å². The summed E-state index contributed by atoms with van der Waals surface area (Å²) in [6.07, 6.45) is 1.21. The summed E-state index contributed by atoms with van der Waals surface area (Å²) in [6, 6.07) is 9.79. The molecule has 1 amide bonds. The van der Waals surface area contributed by atoms with Crippen molar-refractivity contribution in [1.29, 1.82) is 0 Å². The van der Waals surface area contributed by atoms with Crippen molar-refractivity contribution in [3.63, 3.8) is 0 Å². The van der Waals surface area contributed by atoms with Crippen LogP contribution in [0.15, 0.2) is 36.4 Å². The number of ether oxygens (including phenoxy) is 2. The Hall–Kier alpha value is -2.00. The second-order valence-corrected chi connectivity index (χ2v) is 10.8. The lowest BCUT2D eigenvalue weighted by atomic mass is 9.97. The minimum absolute atomic E-state index is 0.126. The van der Waals surface area contributed by atoms with Crippen molar-refractivity contribution in [3.8, 4) is 11.5 Å². The van der Waals surface area contributed by atoms with Crippen LogP contribution in [-0.4, -0.2) is 45.9 Å². The molecule has 2 aromatic rings. The maximum Gasteiger partial charge on any atom is 0.224 e. The highest BCUT2D eigenvalue weighted by Crippen LogP contribution is 2.30. The lowest BCUT2D eigenvalue weighted by Crippen LogP contribution is -2.46. The molecule has 2 aromatic carbocycles. The monoisotopic (exact) mass is 514 g/mol. The van der Waals surface area contributed by atoms with Gasteiger partial charge >= 0.3 is 0 Å². The third-order valence-corrected chi connectivity index (χ3v) is 8.14. The van der Waals surface area contributed by atoms with Crippen LogP contribution in [0.5, 0.6) is 11.5 Å². The van der Waals surface area contributed by atoms with Gasteiger partial charge in [0.15, 0.2) is 0 Å². The maximum atomic E-state index is 13.0. The number of benzene rings is 2. The Morgan fingerprint density at radius 2 is 1.94 bits per heavy atom. The van der Waals surface area contributed by atoms with E-state index in [0.717, 1.165) is 5.56 Å². The highest BCUT2D eigenvalue weighted by atomic mass is 35.5.